The van der Waals surface area contributed by atoms with Crippen LogP contribution in [0, 0.1) is 6.92 Å². The number of carbonyl (C=O) groups excluding carboxylic acids is 1. The molecule has 0 atom stereocenters. The zero-order chi connectivity index (χ0) is 20.1. The maximum atomic E-state index is 13.1. The van der Waals surface area contributed by atoms with Gasteiger partial charge in [0.05, 0.1) is 4.90 Å². The zero-order valence-electron chi connectivity index (χ0n) is 16.5. The Morgan fingerprint density at radius 3 is 2.57 bits per heavy atom. The van der Waals surface area contributed by atoms with E-state index in [4.69, 9.17) is 0 Å². The molecule has 0 N–H and O–H groups in total. The number of piperidine rings is 1. The lowest BCUT2D eigenvalue weighted by Gasteiger charge is -2.27. The fourth-order valence-electron chi connectivity index (χ4n) is 3.41. The molecule has 1 aromatic carbocycles. The summed E-state index contributed by atoms with van der Waals surface area (Å²) in [5, 5.41) is 0. The van der Waals surface area contributed by atoms with Crippen LogP contribution in [0.5, 0.6) is 0 Å². The van der Waals surface area contributed by atoms with Crippen LogP contribution in [0.4, 0.5) is 0 Å². The molecule has 6 nitrogen and oxygen atoms in total. The van der Waals surface area contributed by atoms with Crippen molar-refractivity contribution in [3.63, 3.8) is 0 Å². The van der Waals surface area contributed by atoms with E-state index in [9.17, 15) is 13.2 Å². The van der Waals surface area contributed by atoms with E-state index in [0.717, 1.165) is 25.0 Å². The van der Waals surface area contributed by atoms with Crippen LogP contribution in [-0.4, -0.2) is 55.2 Å². The van der Waals surface area contributed by atoms with Crippen LogP contribution in [-0.2, 0) is 16.4 Å². The summed E-state index contributed by atoms with van der Waals surface area (Å²) in [5.41, 5.74) is 1.97. The molecule has 28 heavy (non-hydrogen) atoms. The van der Waals surface area contributed by atoms with Crippen molar-refractivity contribution in [3.8, 4) is 0 Å². The molecular weight excluding hydrogens is 374 g/mol. The molecule has 0 radical (unpaired) electrons. The highest BCUT2D eigenvalue weighted by Crippen LogP contribution is 2.24. The number of aryl methyl sites for hydroxylation is 1. The molecule has 0 spiro atoms. The smallest absolute Gasteiger partial charge is 0.253 e. The summed E-state index contributed by atoms with van der Waals surface area (Å²) in [7, 11) is -1.85. The van der Waals surface area contributed by atoms with Crippen LogP contribution in [0.15, 0.2) is 47.5 Å². The first kappa shape index (κ1) is 20.5. The van der Waals surface area contributed by atoms with E-state index in [0.29, 0.717) is 37.2 Å². The Labute approximate surface area is 167 Å². The quantitative estimate of drug-likeness (QED) is 0.746. The van der Waals surface area contributed by atoms with Crippen molar-refractivity contribution in [2.24, 2.45) is 0 Å². The summed E-state index contributed by atoms with van der Waals surface area (Å²) >= 11 is 0. The number of hydrogen-bond acceptors (Lipinski definition) is 4. The first-order valence-electron chi connectivity index (χ1n) is 9.66. The lowest BCUT2D eigenvalue weighted by atomic mass is 10.1. The van der Waals surface area contributed by atoms with Crippen molar-refractivity contribution < 1.29 is 13.2 Å². The molecule has 7 heteroatoms. The van der Waals surface area contributed by atoms with Crippen molar-refractivity contribution >= 4 is 15.9 Å². The standard InChI is InChI=1S/C21H27N3O3S/c1-17-9-10-18(16-20(17)28(26,27)24-13-6-3-7-14-24)21(25)23(2)15-11-19-8-4-5-12-22-19/h4-5,8-10,12,16H,3,6-7,11,13-15H2,1-2H3. The number of sulfonamides is 1. The number of rotatable bonds is 6. The topological polar surface area (TPSA) is 70.6 Å². The van der Waals surface area contributed by atoms with Crippen LogP contribution in [0.1, 0.15) is 40.9 Å². The second-order valence-corrected chi connectivity index (χ2v) is 9.15. The van der Waals surface area contributed by atoms with Gasteiger partial charge in [0, 0.05) is 50.6 Å². The fourth-order valence-corrected chi connectivity index (χ4v) is 5.17. The molecule has 1 fully saturated rings. The van der Waals surface area contributed by atoms with Gasteiger partial charge in [-0.05, 0) is 49.6 Å². The van der Waals surface area contributed by atoms with Crippen LogP contribution in [0.2, 0.25) is 0 Å². The molecular formula is C21H27N3O3S. The number of aromatic nitrogens is 1. The first-order chi connectivity index (χ1) is 13.4. The minimum atomic E-state index is -3.58. The van der Waals surface area contributed by atoms with Crippen LogP contribution in [0.3, 0.4) is 0 Å². The Bertz CT molecular complexity index is 923. The van der Waals surface area contributed by atoms with Crippen LogP contribution < -0.4 is 0 Å². The Morgan fingerprint density at radius 2 is 1.89 bits per heavy atom. The minimum Gasteiger partial charge on any atom is -0.341 e. The van der Waals surface area contributed by atoms with E-state index >= 15 is 0 Å². The van der Waals surface area contributed by atoms with Gasteiger partial charge in [0.25, 0.3) is 5.91 Å². The molecule has 0 saturated carbocycles. The number of carbonyl (C=O) groups is 1. The van der Waals surface area contributed by atoms with Crippen molar-refractivity contribution in [3.05, 3.63) is 59.4 Å². The third-order valence-corrected chi connectivity index (χ3v) is 7.18. The molecule has 1 aliphatic heterocycles. The van der Waals surface area contributed by atoms with Gasteiger partial charge in [-0.3, -0.25) is 9.78 Å². The summed E-state index contributed by atoms with van der Waals surface area (Å²) in [4.78, 5) is 18.9. The van der Waals surface area contributed by atoms with E-state index < -0.39 is 10.0 Å². The number of hydrogen-bond donors (Lipinski definition) is 0. The average Bonchev–Trinajstić information content (AvgIpc) is 2.73. The van der Waals surface area contributed by atoms with Crippen molar-refractivity contribution in [1.29, 1.82) is 0 Å². The van der Waals surface area contributed by atoms with Crippen molar-refractivity contribution in [2.45, 2.75) is 37.5 Å². The summed E-state index contributed by atoms with van der Waals surface area (Å²) in [6, 6.07) is 10.6. The zero-order valence-corrected chi connectivity index (χ0v) is 17.3. The molecule has 0 bridgehead atoms. The van der Waals surface area contributed by atoms with Crippen molar-refractivity contribution in [1.82, 2.24) is 14.2 Å². The summed E-state index contributed by atoms with van der Waals surface area (Å²) < 4.78 is 27.7. The maximum Gasteiger partial charge on any atom is 0.253 e. The highest BCUT2D eigenvalue weighted by Gasteiger charge is 2.28. The second-order valence-electron chi connectivity index (χ2n) is 7.24. The highest BCUT2D eigenvalue weighted by molar-refractivity contribution is 7.89. The number of benzene rings is 1. The first-order valence-corrected chi connectivity index (χ1v) is 11.1. The predicted molar refractivity (Wildman–Crippen MR) is 109 cm³/mol. The van der Waals surface area contributed by atoms with Crippen LogP contribution in [0.25, 0.3) is 0 Å². The van der Waals surface area contributed by atoms with Gasteiger partial charge in [-0.25, -0.2) is 8.42 Å². The Hall–Kier alpha value is -2.25. The largest absolute Gasteiger partial charge is 0.341 e. The summed E-state index contributed by atoms with van der Waals surface area (Å²) in [6.45, 7) is 3.38. The number of pyridine rings is 1. The number of nitrogens with zero attached hydrogens (tertiary/aromatic N) is 3. The van der Waals surface area contributed by atoms with E-state index in [-0.39, 0.29) is 10.8 Å². The molecule has 1 aliphatic rings. The number of likely N-dealkylation sites (N-methyl/N-ethyl adjacent to an activating group) is 1. The predicted octanol–water partition coefficient (Wildman–Crippen LogP) is 2.88. The van der Waals surface area contributed by atoms with Gasteiger partial charge < -0.3 is 4.90 Å². The molecule has 1 amide bonds. The SMILES string of the molecule is Cc1ccc(C(=O)N(C)CCc2ccccn2)cc1S(=O)(=O)N1CCCCC1. The van der Waals surface area contributed by atoms with E-state index in [1.807, 2.05) is 18.2 Å². The van der Waals surface area contributed by atoms with Gasteiger partial charge in [-0.1, -0.05) is 18.6 Å². The summed E-state index contributed by atoms with van der Waals surface area (Å²) in [6.07, 6.45) is 5.20. The van der Waals surface area contributed by atoms with Gasteiger partial charge >= 0.3 is 0 Å². The Balaban J connectivity index is 1.77. The van der Waals surface area contributed by atoms with E-state index in [2.05, 4.69) is 4.98 Å². The molecule has 3 rings (SSSR count). The van der Waals surface area contributed by atoms with Gasteiger partial charge in [0.15, 0.2) is 0 Å². The second kappa shape index (κ2) is 8.84. The molecule has 1 saturated heterocycles. The summed E-state index contributed by atoms with van der Waals surface area (Å²) in [5.74, 6) is -0.189. The van der Waals surface area contributed by atoms with Crippen molar-refractivity contribution in [2.75, 3.05) is 26.7 Å². The Kier molecular flexibility index (Phi) is 6.46. The monoisotopic (exact) mass is 401 g/mol. The average molecular weight is 402 g/mol. The molecule has 1 aromatic heterocycles. The van der Waals surface area contributed by atoms with Crippen LogP contribution >= 0.6 is 0 Å². The number of amides is 1. The third-order valence-electron chi connectivity index (χ3n) is 5.14. The maximum absolute atomic E-state index is 13.1. The van der Waals surface area contributed by atoms with Gasteiger partial charge in [-0.2, -0.15) is 4.31 Å². The van der Waals surface area contributed by atoms with E-state index in [1.165, 1.54) is 10.4 Å². The molecule has 2 aromatic rings. The normalized spacial score (nSPS) is 15.4. The van der Waals surface area contributed by atoms with E-state index in [1.54, 1.807) is 37.2 Å². The lowest BCUT2D eigenvalue weighted by Crippen LogP contribution is -2.36. The minimum absolute atomic E-state index is 0.189. The molecule has 2 heterocycles. The highest BCUT2D eigenvalue weighted by atomic mass is 32.2. The lowest BCUT2D eigenvalue weighted by molar-refractivity contribution is 0.0796. The molecule has 0 unspecified atom stereocenters. The van der Waals surface area contributed by atoms with Gasteiger partial charge in [0.2, 0.25) is 10.0 Å². The molecule has 0 aliphatic carbocycles. The Morgan fingerprint density at radius 1 is 1.14 bits per heavy atom. The van der Waals surface area contributed by atoms with Gasteiger partial charge in [0.1, 0.15) is 0 Å². The third kappa shape index (κ3) is 4.59. The fraction of sp³-hybridized carbons (Fsp3) is 0.429. The van der Waals surface area contributed by atoms with Gasteiger partial charge in [-0.15, -0.1) is 0 Å². The molecule has 150 valence electrons.